The van der Waals surface area contributed by atoms with Crippen LogP contribution in [0.2, 0.25) is 0 Å². The third-order valence-corrected chi connectivity index (χ3v) is 3.57. The minimum absolute atomic E-state index is 0.225. The largest absolute Gasteiger partial charge is 0.416 e. The molecule has 0 unspecified atom stereocenters. The predicted octanol–water partition coefficient (Wildman–Crippen LogP) is -0.373. The van der Waals surface area contributed by atoms with E-state index in [1.165, 1.54) is 17.3 Å². The topological polar surface area (TPSA) is 84.5 Å². The average molecular weight is 298 g/mol. The van der Waals surface area contributed by atoms with Crippen LogP contribution < -0.4 is 15.9 Å². The van der Waals surface area contributed by atoms with Gasteiger partial charge >= 0.3 is 11.3 Å². The van der Waals surface area contributed by atoms with Gasteiger partial charge in [-0.05, 0) is 12.0 Å². The first-order chi connectivity index (χ1) is 10.6. The SMILES string of the molecule is Cn1c(=O)[nH]c2c(nc(CCc3ccccc3)n[n+]2C)c1=O. The highest BCUT2D eigenvalue weighted by Gasteiger charge is 2.17. The Bertz CT molecular complexity index is 944. The summed E-state index contributed by atoms with van der Waals surface area (Å²) < 4.78 is 2.50. The molecular formula is C15H16N5O2+. The second kappa shape index (κ2) is 5.51. The number of rotatable bonds is 3. The Labute approximate surface area is 125 Å². The first-order valence-corrected chi connectivity index (χ1v) is 6.96. The molecule has 2 aromatic heterocycles. The van der Waals surface area contributed by atoms with Crippen molar-refractivity contribution in [3.8, 4) is 0 Å². The number of hydrogen-bond acceptors (Lipinski definition) is 4. The van der Waals surface area contributed by atoms with Gasteiger partial charge in [0.05, 0.1) is 0 Å². The summed E-state index contributed by atoms with van der Waals surface area (Å²) in [5.74, 6) is 0.572. The lowest BCUT2D eigenvalue weighted by atomic mass is 10.1. The van der Waals surface area contributed by atoms with Crippen LogP contribution in [0.15, 0.2) is 39.9 Å². The summed E-state index contributed by atoms with van der Waals surface area (Å²) in [7, 11) is 3.11. The van der Waals surface area contributed by atoms with E-state index >= 15 is 0 Å². The van der Waals surface area contributed by atoms with Gasteiger partial charge in [0.2, 0.25) is 5.52 Å². The van der Waals surface area contributed by atoms with Crippen LogP contribution in [0.5, 0.6) is 0 Å². The molecule has 3 aromatic rings. The van der Waals surface area contributed by atoms with E-state index in [4.69, 9.17) is 0 Å². The van der Waals surface area contributed by atoms with E-state index in [1.807, 2.05) is 30.3 Å². The second-order valence-corrected chi connectivity index (χ2v) is 5.13. The predicted molar refractivity (Wildman–Crippen MR) is 80.4 cm³/mol. The van der Waals surface area contributed by atoms with Gasteiger partial charge < -0.3 is 0 Å². The van der Waals surface area contributed by atoms with Crippen molar-refractivity contribution >= 4 is 11.2 Å². The number of aromatic nitrogens is 5. The van der Waals surface area contributed by atoms with Crippen molar-refractivity contribution in [1.82, 2.24) is 19.6 Å². The average Bonchev–Trinajstić information content (AvgIpc) is 2.53. The molecule has 112 valence electrons. The maximum atomic E-state index is 12.2. The molecule has 0 aliphatic rings. The minimum Gasteiger partial charge on any atom is -0.266 e. The third-order valence-electron chi connectivity index (χ3n) is 3.57. The molecule has 0 bridgehead atoms. The molecule has 0 amide bonds. The molecule has 7 heteroatoms. The second-order valence-electron chi connectivity index (χ2n) is 5.13. The Morgan fingerprint density at radius 3 is 2.64 bits per heavy atom. The fourth-order valence-electron chi connectivity index (χ4n) is 2.31. The number of aromatic amines is 1. The molecule has 0 fully saturated rings. The van der Waals surface area contributed by atoms with Gasteiger partial charge in [-0.2, -0.15) is 4.98 Å². The third kappa shape index (κ3) is 2.52. The minimum atomic E-state index is -0.478. The molecule has 0 spiro atoms. The maximum absolute atomic E-state index is 12.2. The number of benzene rings is 1. The summed E-state index contributed by atoms with van der Waals surface area (Å²) in [6, 6.07) is 10.0. The van der Waals surface area contributed by atoms with E-state index in [2.05, 4.69) is 15.1 Å². The fourth-order valence-corrected chi connectivity index (χ4v) is 2.31. The molecule has 1 N–H and O–H groups in total. The summed E-state index contributed by atoms with van der Waals surface area (Å²) in [6.07, 6.45) is 1.41. The van der Waals surface area contributed by atoms with Gasteiger partial charge in [0.25, 0.3) is 5.56 Å². The molecule has 7 nitrogen and oxygen atoms in total. The van der Waals surface area contributed by atoms with Crippen molar-refractivity contribution in [3.63, 3.8) is 0 Å². The van der Waals surface area contributed by atoms with Crippen LogP contribution in [0.3, 0.4) is 0 Å². The Morgan fingerprint density at radius 1 is 1.18 bits per heavy atom. The van der Waals surface area contributed by atoms with Crippen LogP contribution in [-0.4, -0.2) is 19.6 Å². The summed E-state index contributed by atoms with van der Waals surface area (Å²) in [4.78, 5) is 30.7. The molecule has 0 atom stereocenters. The molecule has 0 saturated carbocycles. The lowest BCUT2D eigenvalue weighted by Crippen LogP contribution is -2.43. The van der Waals surface area contributed by atoms with Gasteiger partial charge in [0.1, 0.15) is 7.05 Å². The van der Waals surface area contributed by atoms with Crippen molar-refractivity contribution in [2.75, 3.05) is 0 Å². The van der Waals surface area contributed by atoms with Crippen LogP contribution >= 0.6 is 0 Å². The van der Waals surface area contributed by atoms with Crippen LogP contribution in [0.4, 0.5) is 0 Å². The molecule has 1 aromatic carbocycles. The van der Waals surface area contributed by atoms with E-state index in [1.54, 1.807) is 7.05 Å². The number of H-pyrrole nitrogens is 1. The van der Waals surface area contributed by atoms with Crippen molar-refractivity contribution in [2.24, 2.45) is 14.1 Å². The number of fused-ring (bicyclic) bond motifs is 1. The highest BCUT2D eigenvalue weighted by atomic mass is 16.2. The van der Waals surface area contributed by atoms with Crippen LogP contribution in [0.1, 0.15) is 11.4 Å². The van der Waals surface area contributed by atoms with Crippen LogP contribution in [0.25, 0.3) is 11.2 Å². The first kappa shape index (κ1) is 14.1. The maximum Gasteiger partial charge on any atom is 0.416 e. The monoisotopic (exact) mass is 298 g/mol. The molecule has 2 heterocycles. The van der Waals surface area contributed by atoms with Gasteiger partial charge in [-0.25, -0.2) is 14.3 Å². The van der Waals surface area contributed by atoms with Gasteiger partial charge in [0, 0.05) is 13.5 Å². The molecule has 0 radical (unpaired) electrons. The lowest BCUT2D eigenvalue weighted by Gasteiger charge is -2.02. The number of aryl methyl sites for hydroxylation is 3. The fraction of sp³-hybridized carbons (Fsp3) is 0.267. The summed E-state index contributed by atoms with van der Waals surface area (Å²) in [5, 5.41) is 4.32. The van der Waals surface area contributed by atoms with E-state index < -0.39 is 11.2 Å². The van der Waals surface area contributed by atoms with Crippen molar-refractivity contribution < 1.29 is 4.68 Å². The smallest absolute Gasteiger partial charge is 0.266 e. The van der Waals surface area contributed by atoms with E-state index in [0.717, 1.165) is 11.0 Å². The highest BCUT2D eigenvalue weighted by molar-refractivity contribution is 5.63. The zero-order chi connectivity index (χ0) is 15.7. The molecule has 0 aliphatic heterocycles. The quantitative estimate of drug-likeness (QED) is 0.668. The molecule has 22 heavy (non-hydrogen) atoms. The summed E-state index contributed by atoms with van der Waals surface area (Å²) in [5.41, 5.74) is 0.842. The van der Waals surface area contributed by atoms with E-state index in [9.17, 15) is 9.59 Å². The lowest BCUT2D eigenvalue weighted by molar-refractivity contribution is -0.708. The van der Waals surface area contributed by atoms with Crippen LogP contribution in [0, 0.1) is 0 Å². The Hall–Kier alpha value is -2.83. The molecule has 3 rings (SSSR count). The highest BCUT2D eigenvalue weighted by Crippen LogP contribution is 2.04. The van der Waals surface area contributed by atoms with Gasteiger partial charge in [-0.1, -0.05) is 35.4 Å². The van der Waals surface area contributed by atoms with Gasteiger partial charge in [0.15, 0.2) is 5.82 Å². The zero-order valence-corrected chi connectivity index (χ0v) is 12.4. The molecule has 0 saturated heterocycles. The molecule has 0 aliphatic carbocycles. The Morgan fingerprint density at radius 2 is 1.91 bits per heavy atom. The number of nitrogens with zero attached hydrogens (tertiary/aromatic N) is 4. The summed E-state index contributed by atoms with van der Waals surface area (Å²) in [6.45, 7) is 0. The van der Waals surface area contributed by atoms with Crippen molar-refractivity contribution in [2.45, 2.75) is 12.8 Å². The van der Waals surface area contributed by atoms with Gasteiger partial charge in [-0.15, -0.1) is 4.68 Å². The zero-order valence-electron chi connectivity index (χ0n) is 12.4. The standard InChI is InChI=1S/C15H15N5O2/c1-19-14(21)12-13(17-15(19)22)20(2)18-11(16-12)9-8-10-6-4-3-5-7-10/h3-7H,8-9H2,1-2H3/p+1. The summed E-state index contributed by atoms with van der Waals surface area (Å²) >= 11 is 0. The van der Waals surface area contributed by atoms with E-state index in [0.29, 0.717) is 17.9 Å². The Balaban J connectivity index is 2.02. The normalized spacial score (nSPS) is 11.0. The number of hydrogen-bond donors (Lipinski definition) is 1. The van der Waals surface area contributed by atoms with Crippen molar-refractivity contribution in [3.05, 3.63) is 62.6 Å². The first-order valence-electron chi connectivity index (χ1n) is 6.96. The Kier molecular flexibility index (Phi) is 3.54. The molecular weight excluding hydrogens is 282 g/mol. The van der Waals surface area contributed by atoms with E-state index in [-0.39, 0.29) is 5.52 Å². The van der Waals surface area contributed by atoms with Crippen LogP contribution in [-0.2, 0) is 26.9 Å². The van der Waals surface area contributed by atoms with Gasteiger partial charge in [-0.3, -0.25) is 4.79 Å². The number of nitrogens with one attached hydrogen (secondary N) is 1. The van der Waals surface area contributed by atoms with Crippen molar-refractivity contribution in [1.29, 1.82) is 0 Å².